The molecule has 1 saturated heterocycles. The van der Waals surface area contributed by atoms with E-state index in [-0.39, 0.29) is 22.9 Å². The second kappa shape index (κ2) is 7.39. The van der Waals surface area contributed by atoms with Crippen LogP contribution in [0, 0.1) is 11.8 Å². The van der Waals surface area contributed by atoms with E-state index < -0.39 is 10.0 Å². The summed E-state index contributed by atoms with van der Waals surface area (Å²) in [6.07, 6.45) is 3.80. The second-order valence-electron chi connectivity index (χ2n) is 8.65. The number of rotatable bonds is 2. The molecule has 3 aliphatic rings. The Morgan fingerprint density at radius 1 is 1.20 bits per heavy atom. The van der Waals surface area contributed by atoms with Gasteiger partial charge in [-0.25, -0.2) is 8.42 Å². The van der Waals surface area contributed by atoms with E-state index in [4.69, 9.17) is 4.52 Å². The Labute approximate surface area is 176 Å². The fraction of sp³-hybridized carbons (Fsp3) is 0.524. The van der Waals surface area contributed by atoms with Gasteiger partial charge >= 0.3 is 0 Å². The number of amides is 1. The summed E-state index contributed by atoms with van der Waals surface area (Å²) in [4.78, 5) is 15.2. The normalized spacial score (nSPS) is 25.8. The minimum Gasteiger partial charge on any atom is -0.368 e. The molecule has 3 heterocycles. The van der Waals surface area contributed by atoms with E-state index in [1.54, 1.807) is 18.2 Å². The summed E-state index contributed by atoms with van der Waals surface area (Å²) in [5, 5.41) is 7.41. The number of fused-ring (bicyclic) bond motifs is 2. The molecular formula is C21H26N4O4S. The molecule has 2 atom stereocenters. The molecule has 5 rings (SSSR count). The molecule has 0 spiro atoms. The summed E-state index contributed by atoms with van der Waals surface area (Å²) in [6.45, 7) is 3.33. The predicted octanol–water partition coefficient (Wildman–Crippen LogP) is 2.38. The van der Waals surface area contributed by atoms with E-state index in [1.807, 2.05) is 11.0 Å². The zero-order valence-corrected chi connectivity index (χ0v) is 17.7. The van der Waals surface area contributed by atoms with E-state index >= 15 is 0 Å². The Hall–Kier alpha value is -2.39. The van der Waals surface area contributed by atoms with Gasteiger partial charge in [0.1, 0.15) is 10.7 Å². The van der Waals surface area contributed by atoms with Crippen LogP contribution in [-0.2, 0) is 22.9 Å². The van der Waals surface area contributed by atoms with Gasteiger partial charge in [0.25, 0.3) is 5.91 Å². The zero-order chi connectivity index (χ0) is 20.9. The van der Waals surface area contributed by atoms with Gasteiger partial charge < -0.3 is 14.7 Å². The molecule has 160 valence electrons. The summed E-state index contributed by atoms with van der Waals surface area (Å²) < 4.78 is 33.4. The van der Waals surface area contributed by atoms with Crippen LogP contribution in [0.5, 0.6) is 0 Å². The number of carbonyl (C=O) groups is 1. The highest BCUT2D eigenvalue weighted by atomic mass is 32.2. The molecule has 0 bridgehead atoms. The van der Waals surface area contributed by atoms with Crippen molar-refractivity contribution in [1.82, 2.24) is 14.8 Å². The van der Waals surface area contributed by atoms with E-state index in [0.717, 1.165) is 30.6 Å². The number of benzene rings is 1. The largest absolute Gasteiger partial charge is 0.368 e. The lowest BCUT2D eigenvalue weighted by atomic mass is 9.87. The quantitative estimate of drug-likeness (QED) is 0.758. The van der Waals surface area contributed by atoms with Crippen LogP contribution in [-0.4, -0.2) is 43.6 Å². The van der Waals surface area contributed by atoms with Crippen molar-refractivity contribution >= 4 is 21.6 Å². The number of nitrogens with zero attached hydrogens (tertiary/aromatic N) is 2. The molecule has 0 radical (unpaired) electrons. The molecule has 1 aromatic carbocycles. The first-order valence-corrected chi connectivity index (χ1v) is 12.1. The van der Waals surface area contributed by atoms with Crippen LogP contribution < -0.4 is 10.0 Å². The Kier molecular flexibility index (Phi) is 4.82. The molecule has 1 amide bonds. The molecule has 1 fully saturated rings. The van der Waals surface area contributed by atoms with Gasteiger partial charge in [-0.15, -0.1) is 0 Å². The molecule has 2 aromatic rings. The molecule has 8 nitrogen and oxygen atoms in total. The Balaban J connectivity index is 1.26. The van der Waals surface area contributed by atoms with E-state index in [2.05, 4.69) is 22.1 Å². The van der Waals surface area contributed by atoms with Crippen LogP contribution in [0.4, 0.5) is 5.69 Å². The van der Waals surface area contributed by atoms with Crippen molar-refractivity contribution in [1.29, 1.82) is 0 Å². The number of sulfonamides is 1. The van der Waals surface area contributed by atoms with Crippen molar-refractivity contribution in [2.24, 2.45) is 11.8 Å². The highest BCUT2D eigenvalue weighted by Crippen LogP contribution is 2.32. The number of anilines is 1. The molecule has 2 N–H and O–H groups in total. The zero-order valence-electron chi connectivity index (χ0n) is 16.9. The van der Waals surface area contributed by atoms with E-state index in [0.29, 0.717) is 43.2 Å². The van der Waals surface area contributed by atoms with Gasteiger partial charge in [0, 0.05) is 25.1 Å². The number of para-hydroxylation sites is 1. The monoisotopic (exact) mass is 430 g/mol. The third-order valence-electron chi connectivity index (χ3n) is 6.56. The summed E-state index contributed by atoms with van der Waals surface area (Å²) in [7, 11) is -3.54. The topological polar surface area (TPSA) is 105 Å². The maximum atomic E-state index is 13.1. The standard InChI is InChI=1S/C21H26N4O4S/c1-13-6-7-17-15(12-13)19(23-29-17)21(26)25-10-8-14(9-11-25)20-22-16-4-2-3-5-18(16)30(27,28)24-20/h2-5,13-14,20,22,24H,6-12H2,1H3/t13-,20-/m0/s1. The summed E-state index contributed by atoms with van der Waals surface area (Å²) in [5.41, 5.74) is 2.06. The summed E-state index contributed by atoms with van der Waals surface area (Å²) in [5.74, 6) is 1.41. The van der Waals surface area contributed by atoms with Gasteiger partial charge in [0.05, 0.1) is 11.9 Å². The number of piperidine rings is 1. The van der Waals surface area contributed by atoms with Gasteiger partial charge in [-0.2, -0.15) is 4.72 Å². The number of hydrogen-bond donors (Lipinski definition) is 2. The number of carbonyl (C=O) groups excluding carboxylic acids is 1. The average Bonchev–Trinajstić information content (AvgIpc) is 3.16. The van der Waals surface area contributed by atoms with Crippen molar-refractivity contribution < 1.29 is 17.7 Å². The molecule has 0 saturated carbocycles. The highest BCUT2D eigenvalue weighted by molar-refractivity contribution is 7.89. The number of hydrogen-bond acceptors (Lipinski definition) is 6. The number of likely N-dealkylation sites (tertiary alicyclic amines) is 1. The first-order chi connectivity index (χ1) is 14.4. The first-order valence-electron chi connectivity index (χ1n) is 10.6. The summed E-state index contributed by atoms with van der Waals surface area (Å²) >= 11 is 0. The van der Waals surface area contributed by atoms with Gasteiger partial charge in [0.2, 0.25) is 10.0 Å². The Morgan fingerprint density at radius 2 is 1.97 bits per heavy atom. The molecule has 9 heteroatoms. The van der Waals surface area contributed by atoms with Crippen LogP contribution >= 0.6 is 0 Å². The molecule has 1 aromatic heterocycles. The molecule has 2 aliphatic heterocycles. The van der Waals surface area contributed by atoms with Crippen LogP contribution in [0.25, 0.3) is 0 Å². The second-order valence-corrected chi connectivity index (χ2v) is 10.3. The smallest absolute Gasteiger partial charge is 0.276 e. The third-order valence-corrected chi connectivity index (χ3v) is 8.06. The molecule has 30 heavy (non-hydrogen) atoms. The maximum absolute atomic E-state index is 13.1. The fourth-order valence-electron chi connectivity index (χ4n) is 4.79. The van der Waals surface area contributed by atoms with Crippen molar-refractivity contribution in [2.45, 2.75) is 50.1 Å². The lowest BCUT2D eigenvalue weighted by Crippen LogP contribution is -2.52. The summed E-state index contributed by atoms with van der Waals surface area (Å²) in [6, 6.07) is 6.92. The average molecular weight is 431 g/mol. The fourth-order valence-corrected chi connectivity index (χ4v) is 6.18. The first kappa shape index (κ1) is 19.6. The van der Waals surface area contributed by atoms with Crippen molar-refractivity contribution in [3.05, 3.63) is 41.3 Å². The molecule has 1 aliphatic carbocycles. The lowest BCUT2D eigenvalue weighted by Gasteiger charge is -2.38. The van der Waals surface area contributed by atoms with Crippen LogP contribution in [0.1, 0.15) is 48.0 Å². The van der Waals surface area contributed by atoms with Crippen molar-refractivity contribution in [3.8, 4) is 0 Å². The van der Waals surface area contributed by atoms with Crippen LogP contribution in [0.2, 0.25) is 0 Å². The highest BCUT2D eigenvalue weighted by Gasteiger charge is 2.37. The molecular weight excluding hydrogens is 404 g/mol. The Bertz CT molecular complexity index is 1070. The van der Waals surface area contributed by atoms with Crippen molar-refractivity contribution in [2.75, 3.05) is 18.4 Å². The molecule has 0 unspecified atom stereocenters. The lowest BCUT2D eigenvalue weighted by molar-refractivity contribution is 0.0667. The minimum atomic E-state index is -3.54. The number of aryl methyl sites for hydroxylation is 1. The van der Waals surface area contributed by atoms with Gasteiger partial charge in [-0.1, -0.05) is 24.2 Å². The predicted molar refractivity (Wildman–Crippen MR) is 110 cm³/mol. The third kappa shape index (κ3) is 3.39. The number of aromatic nitrogens is 1. The van der Waals surface area contributed by atoms with Gasteiger partial charge in [-0.3, -0.25) is 4.79 Å². The maximum Gasteiger partial charge on any atom is 0.276 e. The van der Waals surface area contributed by atoms with Crippen molar-refractivity contribution in [3.63, 3.8) is 0 Å². The Morgan fingerprint density at radius 3 is 2.77 bits per heavy atom. The van der Waals surface area contributed by atoms with E-state index in [9.17, 15) is 13.2 Å². The SMILES string of the molecule is C[C@H]1CCc2onc(C(=O)N3CCC([C@H]4Nc5ccccc5S(=O)(=O)N4)CC3)c2C1. The number of nitrogens with one attached hydrogen (secondary N) is 2. The minimum absolute atomic E-state index is 0.0740. The van der Waals surface area contributed by atoms with E-state index in [1.165, 1.54) is 0 Å². The van der Waals surface area contributed by atoms with Gasteiger partial charge in [0.15, 0.2) is 5.69 Å². The van der Waals surface area contributed by atoms with Gasteiger partial charge in [-0.05, 0) is 49.7 Å². The van der Waals surface area contributed by atoms with Crippen LogP contribution in [0.3, 0.4) is 0 Å². The van der Waals surface area contributed by atoms with Crippen LogP contribution in [0.15, 0.2) is 33.7 Å².